The fourth-order valence-electron chi connectivity index (χ4n) is 3.00. The molecule has 2 aromatic rings. The SMILES string of the molecule is C=CCC1(O)c2c(ccc(Oc3cc(F)cc(C#N)c3)c2Br)S(O)(O)C1(F)F. The van der Waals surface area contributed by atoms with Crippen molar-refractivity contribution in [2.75, 3.05) is 0 Å². The average molecular weight is 476 g/mol. The highest BCUT2D eigenvalue weighted by Crippen LogP contribution is 2.75. The van der Waals surface area contributed by atoms with Crippen LogP contribution in [0, 0.1) is 17.1 Å². The van der Waals surface area contributed by atoms with Crippen LogP contribution in [0.1, 0.15) is 17.5 Å². The molecule has 1 unspecified atom stereocenters. The molecule has 3 N–H and O–H groups in total. The summed E-state index contributed by atoms with van der Waals surface area (Å²) in [7, 11) is -4.66. The molecule has 0 bridgehead atoms. The predicted octanol–water partition coefficient (Wildman–Crippen LogP) is 5.73. The molecule has 0 saturated heterocycles. The van der Waals surface area contributed by atoms with Crippen LogP contribution in [0.4, 0.5) is 13.2 Å². The number of nitrogens with zero attached hydrogens (tertiary/aromatic N) is 1. The van der Waals surface area contributed by atoms with Crippen molar-refractivity contribution in [3.63, 3.8) is 0 Å². The van der Waals surface area contributed by atoms with Crippen LogP contribution in [0.15, 0.2) is 52.4 Å². The largest absolute Gasteiger partial charge is 0.456 e. The predicted molar refractivity (Wildman–Crippen MR) is 100 cm³/mol. The summed E-state index contributed by atoms with van der Waals surface area (Å²) in [5, 5.41) is 15.3. The van der Waals surface area contributed by atoms with E-state index in [1.807, 2.05) is 0 Å². The fraction of sp³-hybridized carbons (Fsp3) is 0.167. The highest BCUT2D eigenvalue weighted by Gasteiger charge is 2.70. The Bertz CT molecular complexity index is 1020. The highest BCUT2D eigenvalue weighted by molar-refractivity contribution is 9.10. The number of rotatable bonds is 4. The molecule has 1 heterocycles. The molecule has 0 radical (unpaired) electrons. The molecule has 2 aromatic carbocycles. The van der Waals surface area contributed by atoms with Gasteiger partial charge in [0.1, 0.15) is 17.3 Å². The first-order valence-corrected chi connectivity index (χ1v) is 10.0. The second-order valence-electron chi connectivity index (χ2n) is 6.06. The lowest BCUT2D eigenvalue weighted by molar-refractivity contribution is -0.129. The molecule has 28 heavy (non-hydrogen) atoms. The van der Waals surface area contributed by atoms with Gasteiger partial charge in [0, 0.05) is 18.1 Å². The summed E-state index contributed by atoms with van der Waals surface area (Å²) in [5.74, 6) is -0.917. The molecule has 1 atom stereocenters. The molecule has 5 nitrogen and oxygen atoms in total. The number of alkyl halides is 2. The molecule has 0 fully saturated rings. The minimum absolute atomic E-state index is 0.0174. The first kappa shape index (κ1) is 20.7. The zero-order chi connectivity index (χ0) is 20.9. The van der Waals surface area contributed by atoms with Gasteiger partial charge in [0.15, 0.2) is 5.60 Å². The minimum Gasteiger partial charge on any atom is -0.456 e. The van der Waals surface area contributed by atoms with Crippen molar-refractivity contribution in [2.45, 2.75) is 22.2 Å². The van der Waals surface area contributed by atoms with Gasteiger partial charge in [0.2, 0.25) is 0 Å². The maximum absolute atomic E-state index is 14.7. The number of benzene rings is 2. The van der Waals surface area contributed by atoms with E-state index in [1.165, 1.54) is 12.1 Å². The first-order chi connectivity index (χ1) is 13.0. The van der Waals surface area contributed by atoms with Gasteiger partial charge in [0.25, 0.3) is 0 Å². The fourth-order valence-corrected chi connectivity index (χ4v) is 5.63. The van der Waals surface area contributed by atoms with Crippen LogP contribution in [0.5, 0.6) is 11.5 Å². The molecule has 1 aliphatic rings. The molecular formula is C18H13BrF3NO4S. The summed E-state index contributed by atoms with van der Waals surface area (Å²) in [6.07, 6.45) is 0.369. The number of ether oxygens (including phenoxy) is 1. The molecule has 0 aliphatic carbocycles. The standard InChI is InChI=1S/C18H13BrF3NO4S/c1-2-5-17(24)15-14(28(25,26)18(17,21)22)4-3-13(16(15)19)27-12-7-10(9-23)6-11(20)8-12/h2-4,6-8,24-26H,1,5H2. The first-order valence-electron chi connectivity index (χ1n) is 7.70. The molecule has 148 valence electrons. The number of hydrogen-bond donors (Lipinski definition) is 3. The molecule has 0 aromatic heterocycles. The normalized spacial score (nSPS) is 22.8. The third-order valence-electron chi connectivity index (χ3n) is 4.30. The van der Waals surface area contributed by atoms with Crippen molar-refractivity contribution in [1.82, 2.24) is 0 Å². The van der Waals surface area contributed by atoms with E-state index in [0.717, 1.165) is 24.3 Å². The van der Waals surface area contributed by atoms with Crippen LogP contribution < -0.4 is 4.74 Å². The van der Waals surface area contributed by atoms with Crippen molar-refractivity contribution in [3.8, 4) is 17.6 Å². The van der Waals surface area contributed by atoms with Crippen molar-refractivity contribution in [3.05, 3.63) is 64.4 Å². The number of halogens is 4. The summed E-state index contributed by atoms with van der Waals surface area (Å²) in [5.41, 5.74) is -3.41. The van der Waals surface area contributed by atoms with Gasteiger partial charge in [-0.25, -0.2) is 4.39 Å². The maximum atomic E-state index is 14.7. The zero-order valence-corrected chi connectivity index (χ0v) is 16.4. The van der Waals surface area contributed by atoms with E-state index in [9.17, 15) is 27.4 Å². The molecular weight excluding hydrogens is 463 g/mol. The molecule has 1 aliphatic heterocycles. The quantitative estimate of drug-likeness (QED) is 0.490. The lowest BCUT2D eigenvalue weighted by Crippen LogP contribution is -2.43. The van der Waals surface area contributed by atoms with Gasteiger partial charge in [-0.3, -0.25) is 9.11 Å². The van der Waals surface area contributed by atoms with E-state index >= 15 is 0 Å². The van der Waals surface area contributed by atoms with Crippen LogP contribution in [0.2, 0.25) is 0 Å². The van der Waals surface area contributed by atoms with E-state index in [-0.39, 0.29) is 21.5 Å². The lowest BCUT2D eigenvalue weighted by atomic mass is 9.90. The van der Waals surface area contributed by atoms with Gasteiger partial charge < -0.3 is 9.84 Å². The van der Waals surface area contributed by atoms with Gasteiger partial charge in [-0.05, 0) is 40.2 Å². The molecule has 0 spiro atoms. The maximum Gasteiger partial charge on any atom is 0.374 e. The van der Waals surface area contributed by atoms with Gasteiger partial charge in [-0.1, -0.05) is 6.08 Å². The van der Waals surface area contributed by atoms with E-state index in [2.05, 4.69) is 22.5 Å². The summed E-state index contributed by atoms with van der Waals surface area (Å²) in [4.78, 5) is -0.530. The Morgan fingerprint density at radius 3 is 2.57 bits per heavy atom. The smallest absolute Gasteiger partial charge is 0.374 e. The molecule has 0 saturated carbocycles. The Hall–Kier alpha value is -2.03. The van der Waals surface area contributed by atoms with E-state index in [0.29, 0.717) is 0 Å². The summed E-state index contributed by atoms with van der Waals surface area (Å²) in [6.45, 7) is 3.34. The van der Waals surface area contributed by atoms with Gasteiger partial charge in [-0.15, -0.1) is 17.2 Å². The van der Waals surface area contributed by atoms with E-state index in [4.69, 9.17) is 10.00 Å². The van der Waals surface area contributed by atoms with Crippen molar-refractivity contribution in [1.29, 1.82) is 5.26 Å². The number of aliphatic hydroxyl groups is 1. The Morgan fingerprint density at radius 1 is 1.29 bits per heavy atom. The van der Waals surface area contributed by atoms with E-state index < -0.39 is 44.1 Å². The number of nitriles is 1. The third kappa shape index (κ3) is 2.82. The van der Waals surface area contributed by atoms with E-state index in [1.54, 1.807) is 6.07 Å². The Kier molecular flexibility index (Phi) is 5.02. The topological polar surface area (TPSA) is 93.7 Å². The summed E-state index contributed by atoms with van der Waals surface area (Å²) >= 11 is 3.07. The van der Waals surface area contributed by atoms with Crippen molar-refractivity contribution in [2.24, 2.45) is 0 Å². The summed E-state index contributed by atoms with van der Waals surface area (Å²) < 4.78 is 68.6. The number of hydrogen-bond acceptors (Lipinski definition) is 5. The van der Waals surface area contributed by atoms with Crippen LogP contribution in [-0.4, -0.2) is 19.5 Å². The van der Waals surface area contributed by atoms with Crippen LogP contribution in [0.25, 0.3) is 0 Å². The van der Waals surface area contributed by atoms with Gasteiger partial charge in [0.05, 0.1) is 21.0 Å². The molecule has 0 amide bonds. The number of fused-ring (bicyclic) bond motifs is 1. The van der Waals surface area contributed by atoms with Crippen molar-refractivity contribution >= 4 is 26.5 Å². The molecule has 10 heteroatoms. The second kappa shape index (κ2) is 6.79. The molecule has 3 rings (SSSR count). The monoisotopic (exact) mass is 475 g/mol. The second-order valence-corrected chi connectivity index (χ2v) is 8.90. The highest BCUT2D eigenvalue weighted by atomic mass is 79.9. The average Bonchev–Trinajstić information content (AvgIpc) is 2.73. The lowest BCUT2D eigenvalue weighted by Gasteiger charge is -2.38. The van der Waals surface area contributed by atoms with Crippen LogP contribution >= 0.6 is 26.5 Å². The Morgan fingerprint density at radius 2 is 1.96 bits per heavy atom. The Balaban J connectivity index is 2.17. The van der Waals surface area contributed by atoms with Crippen LogP contribution in [0.3, 0.4) is 0 Å². The van der Waals surface area contributed by atoms with Gasteiger partial charge in [-0.2, -0.15) is 14.0 Å². The van der Waals surface area contributed by atoms with Crippen LogP contribution in [-0.2, 0) is 5.60 Å². The minimum atomic E-state index is -4.66. The zero-order valence-electron chi connectivity index (χ0n) is 14.0. The van der Waals surface area contributed by atoms with Crippen molar-refractivity contribution < 1.29 is 32.1 Å². The summed E-state index contributed by atoms with van der Waals surface area (Å²) in [6, 6.07) is 7.14. The Labute approximate surface area is 168 Å². The third-order valence-corrected chi connectivity index (χ3v) is 7.09. The van der Waals surface area contributed by atoms with Gasteiger partial charge >= 0.3 is 5.25 Å².